The quantitative estimate of drug-likeness (QED) is 0.286. The summed E-state index contributed by atoms with van der Waals surface area (Å²) in [7, 11) is -0.191. The van der Waals surface area contributed by atoms with Crippen molar-refractivity contribution in [2.24, 2.45) is 0 Å². The van der Waals surface area contributed by atoms with Gasteiger partial charge >= 0.3 is 16.5 Å². The van der Waals surface area contributed by atoms with Gasteiger partial charge in [-0.1, -0.05) is 0 Å². The van der Waals surface area contributed by atoms with Crippen LogP contribution in [0.4, 0.5) is 0 Å². The van der Waals surface area contributed by atoms with E-state index >= 15 is 0 Å². The summed E-state index contributed by atoms with van der Waals surface area (Å²) in [4.78, 5) is 0. The molecule has 0 aliphatic carbocycles. The van der Waals surface area contributed by atoms with Crippen LogP contribution in [0.5, 0.6) is 0 Å². The first-order valence-corrected chi connectivity index (χ1v) is 3.88. The van der Waals surface area contributed by atoms with E-state index in [2.05, 4.69) is 12.2 Å². The second kappa shape index (κ2) is 4.88. The van der Waals surface area contributed by atoms with Gasteiger partial charge in [0.05, 0.1) is 0 Å². The van der Waals surface area contributed by atoms with Crippen molar-refractivity contribution < 1.29 is 21.6 Å². The minimum atomic E-state index is -0.191. The molecule has 0 bridgehead atoms. The summed E-state index contributed by atoms with van der Waals surface area (Å²) >= 11 is 4.28. The summed E-state index contributed by atoms with van der Waals surface area (Å²) < 4.78 is -0.130. The van der Waals surface area contributed by atoms with Crippen LogP contribution in [0.25, 0.3) is 0 Å². The zero-order chi connectivity index (χ0) is 5.15. The van der Waals surface area contributed by atoms with Crippen molar-refractivity contribution in [3.8, 4) is 0 Å². The van der Waals surface area contributed by atoms with Gasteiger partial charge < -0.3 is 16.0 Å². The Labute approximate surface area is 61.8 Å². The first-order valence-electron chi connectivity index (χ1n) is 1.43. The molecule has 0 rings (SSSR count). The molecule has 0 saturated heterocycles. The second-order valence-corrected chi connectivity index (χ2v) is 3.70. The monoisotopic (exact) mass is 180 g/mol. The van der Waals surface area contributed by atoms with Crippen molar-refractivity contribution in [2.45, 2.75) is 0 Å². The molecule has 1 nitrogen and oxygen atoms in total. The summed E-state index contributed by atoms with van der Waals surface area (Å²) in [6.07, 6.45) is 3.63. The molecule has 0 heterocycles. The summed E-state index contributed by atoms with van der Waals surface area (Å²) in [5.41, 5.74) is 0. The first-order chi connectivity index (χ1) is 2.64. The number of hydrogen-bond acceptors (Lipinski definition) is 3. The van der Waals surface area contributed by atoms with Gasteiger partial charge in [-0.05, 0) is 0 Å². The normalized spacial score (nSPS) is 9.14. The van der Waals surface area contributed by atoms with E-state index in [1.807, 2.05) is 12.5 Å². The molecular weight excluding hydrogens is 175 g/mol. The van der Waals surface area contributed by atoms with Crippen molar-refractivity contribution in [3.63, 3.8) is 0 Å². The maximum atomic E-state index is 9.97. The average Bonchev–Trinajstić information content (AvgIpc) is 1.36. The smallest absolute Gasteiger partial charge is 0.884 e. The maximum absolute atomic E-state index is 9.97. The van der Waals surface area contributed by atoms with Crippen LogP contribution >= 0.6 is 12.2 Å². The zero-order valence-corrected chi connectivity index (χ0v) is 6.66. The molecule has 0 radical (unpaired) electrons. The summed E-state index contributed by atoms with van der Waals surface area (Å²) in [5.74, 6) is 0. The van der Waals surface area contributed by atoms with Crippen molar-refractivity contribution in [1.82, 2.24) is 0 Å². The van der Waals surface area contributed by atoms with E-state index in [0.29, 0.717) is 0 Å². The Balaban J connectivity index is 0. The fourth-order valence-electron chi connectivity index (χ4n) is 0. The standard InChI is InChI=1S/C3H7OS2.Ni/c1-6(2)3(4)5;/h1-2H3,(H,4,5);/q-1;+2/p-1. The number of thiocarbonyl (C=S) groups is 1. The first kappa shape index (κ1) is 10.7. The van der Waals surface area contributed by atoms with Gasteiger partial charge in [0.2, 0.25) is 0 Å². The van der Waals surface area contributed by atoms with E-state index in [0.717, 1.165) is 0 Å². The van der Waals surface area contributed by atoms with Crippen molar-refractivity contribution in [1.29, 1.82) is 0 Å². The summed E-state index contributed by atoms with van der Waals surface area (Å²) in [6, 6.07) is 0. The Hall–Kier alpha value is 0.734. The van der Waals surface area contributed by atoms with Crippen molar-refractivity contribution in [2.75, 3.05) is 12.5 Å². The van der Waals surface area contributed by atoms with E-state index in [-0.39, 0.29) is 31.8 Å². The molecule has 0 aliphatic heterocycles. The molecule has 0 aromatic carbocycles. The minimum absolute atomic E-state index is 0. The van der Waals surface area contributed by atoms with E-state index in [9.17, 15) is 5.11 Å². The third-order valence-corrected chi connectivity index (χ3v) is 2.00. The predicted octanol–water partition coefficient (Wildman–Crippen LogP) is -0.493. The predicted molar refractivity (Wildman–Crippen MR) is 31.8 cm³/mol. The molecule has 0 aliphatic rings. The Kier molecular flexibility index (Phi) is 7.44. The molecule has 4 heteroatoms. The van der Waals surface area contributed by atoms with E-state index in [1.165, 1.54) is 0 Å². The van der Waals surface area contributed by atoms with Crippen LogP contribution in [0.3, 0.4) is 0 Å². The number of rotatable bonds is 0. The molecule has 0 atom stereocenters. The van der Waals surface area contributed by atoms with Gasteiger partial charge in [-0.15, -0.1) is 12.2 Å². The molecule has 0 unspecified atom stereocenters. The van der Waals surface area contributed by atoms with Crippen LogP contribution in [0.2, 0.25) is 0 Å². The molecule has 7 heavy (non-hydrogen) atoms. The fraction of sp³-hybridized carbons (Fsp3) is 0.667. The number of hydrogen-bond donors (Lipinski definition) is 0. The van der Waals surface area contributed by atoms with Gasteiger partial charge in [-0.3, -0.25) is 0 Å². The van der Waals surface area contributed by atoms with E-state index in [4.69, 9.17) is 0 Å². The van der Waals surface area contributed by atoms with Crippen LogP contribution in [0, 0.1) is 0 Å². The van der Waals surface area contributed by atoms with Gasteiger partial charge in [-0.25, -0.2) is 0 Å². The third-order valence-electron chi connectivity index (χ3n) is 0.333. The molecule has 46 valence electrons. The largest absolute Gasteiger partial charge is 2.00 e. The van der Waals surface area contributed by atoms with Crippen LogP contribution in [0.1, 0.15) is 0 Å². The Morgan fingerprint density at radius 1 is 1.57 bits per heavy atom. The second-order valence-electron chi connectivity index (χ2n) is 1.07. The van der Waals surface area contributed by atoms with Gasteiger partial charge in [0.25, 0.3) is 0 Å². The molecule has 0 aromatic rings. The molecule has 0 fully saturated rings. The molecular formula is C3H6NiOS2. The summed E-state index contributed by atoms with van der Waals surface area (Å²) in [5, 5.41) is 9.97. The van der Waals surface area contributed by atoms with Gasteiger partial charge in [-0.2, -0.15) is 16.9 Å². The molecule has 0 spiro atoms. The summed E-state index contributed by atoms with van der Waals surface area (Å²) in [6.45, 7) is 0. The molecule has 0 saturated carbocycles. The van der Waals surface area contributed by atoms with Crippen LogP contribution in [-0.2, 0) is 27.4 Å². The topological polar surface area (TPSA) is 23.1 Å². The van der Waals surface area contributed by atoms with E-state index in [1.54, 1.807) is 0 Å². The fourth-order valence-corrected chi connectivity index (χ4v) is 0. The minimum Gasteiger partial charge on any atom is -0.884 e. The third kappa shape index (κ3) is 6.73. The van der Waals surface area contributed by atoms with Crippen molar-refractivity contribution in [3.05, 3.63) is 0 Å². The zero-order valence-electron chi connectivity index (χ0n) is 4.04. The van der Waals surface area contributed by atoms with Gasteiger partial charge in [0.15, 0.2) is 0 Å². The Bertz CT molecular complexity index is 64.0. The van der Waals surface area contributed by atoms with Gasteiger partial charge in [0, 0.05) is 0 Å². The SMILES string of the molecule is C[S-](C)C([O-])=S.[Ni+2]. The van der Waals surface area contributed by atoms with Crippen molar-refractivity contribution >= 4 is 27.5 Å². The Morgan fingerprint density at radius 2 is 1.71 bits per heavy atom. The van der Waals surface area contributed by atoms with Crippen LogP contribution in [-0.4, -0.2) is 16.9 Å². The molecule has 0 aromatic heterocycles. The Morgan fingerprint density at radius 3 is 1.71 bits per heavy atom. The van der Waals surface area contributed by atoms with Crippen LogP contribution < -0.4 is 5.11 Å². The van der Waals surface area contributed by atoms with Crippen LogP contribution in [0.15, 0.2) is 0 Å². The molecule has 0 amide bonds. The van der Waals surface area contributed by atoms with Gasteiger partial charge in [0.1, 0.15) is 0 Å². The van der Waals surface area contributed by atoms with E-state index < -0.39 is 0 Å². The average molecular weight is 181 g/mol. The maximum Gasteiger partial charge on any atom is 2.00 e. The molecule has 0 N–H and O–H groups in total.